The minimum Gasteiger partial charge on any atom is -0.491 e. The van der Waals surface area contributed by atoms with E-state index in [1.54, 1.807) is 14.0 Å². The van der Waals surface area contributed by atoms with Gasteiger partial charge in [-0.2, -0.15) is 0 Å². The van der Waals surface area contributed by atoms with E-state index in [1.165, 1.54) is 28.7 Å². The minimum atomic E-state index is -0.385. The van der Waals surface area contributed by atoms with E-state index >= 15 is 0 Å². The molecule has 0 aromatic heterocycles. The van der Waals surface area contributed by atoms with Crippen molar-refractivity contribution in [3.05, 3.63) is 58.7 Å². The highest BCUT2D eigenvalue weighted by atomic mass is 16.6. The van der Waals surface area contributed by atoms with Crippen molar-refractivity contribution in [2.75, 3.05) is 46.6 Å². The summed E-state index contributed by atoms with van der Waals surface area (Å²) in [6.45, 7) is 13.9. The molecule has 2 fully saturated rings. The number of carbonyl (C=O) groups excluding carboxylic acids is 2. The lowest BCUT2D eigenvalue weighted by atomic mass is 9.72. The molecule has 4 aliphatic rings. The van der Waals surface area contributed by atoms with E-state index in [-0.39, 0.29) is 34.9 Å². The molecule has 2 aromatic carbocycles. The maximum atomic E-state index is 12.5. The highest BCUT2D eigenvalue weighted by Gasteiger charge is 2.56. The first-order valence-electron chi connectivity index (χ1n) is 17.1. The molecule has 8 heteroatoms. The molecule has 6 rings (SSSR count). The van der Waals surface area contributed by atoms with Crippen LogP contribution in [0, 0.1) is 23.7 Å². The number of carbonyl (C=O) groups is 2. The van der Waals surface area contributed by atoms with Gasteiger partial charge in [-0.3, -0.25) is 4.79 Å². The summed E-state index contributed by atoms with van der Waals surface area (Å²) in [7, 11) is 1.69. The third-order valence-corrected chi connectivity index (χ3v) is 11.4. The van der Waals surface area contributed by atoms with Gasteiger partial charge in [0, 0.05) is 32.5 Å². The molecule has 0 radical (unpaired) electrons. The Bertz CT molecular complexity index is 1450. The molecular formula is C38H52N2O6. The largest absolute Gasteiger partial charge is 0.491 e. The van der Waals surface area contributed by atoms with Gasteiger partial charge in [0.1, 0.15) is 31.3 Å². The van der Waals surface area contributed by atoms with Gasteiger partial charge < -0.3 is 29.6 Å². The molecule has 5 unspecified atom stereocenters. The quantitative estimate of drug-likeness (QED) is 0.268. The average molecular weight is 633 g/mol. The summed E-state index contributed by atoms with van der Waals surface area (Å²) in [6, 6.07) is 13.1. The summed E-state index contributed by atoms with van der Waals surface area (Å²) in [5.74, 6) is 4.05. The fourth-order valence-corrected chi connectivity index (χ4v) is 9.58. The summed E-state index contributed by atoms with van der Waals surface area (Å²) < 4.78 is 22.9. The topological polar surface area (TPSA) is 95.1 Å². The van der Waals surface area contributed by atoms with Gasteiger partial charge in [0.05, 0.1) is 6.61 Å². The Balaban J connectivity index is 1.05. The van der Waals surface area contributed by atoms with Crippen molar-refractivity contribution in [2.45, 2.75) is 83.0 Å². The van der Waals surface area contributed by atoms with Crippen LogP contribution in [0.25, 0.3) is 0 Å². The van der Waals surface area contributed by atoms with Gasteiger partial charge in [-0.1, -0.05) is 39.8 Å². The van der Waals surface area contributed by atoms with Gasteiger partial charge in [0.2, 0.25) is 5.91 Å². The second-order valence-corrected chi connectivity index (χ2v) is 15.5. The second kappa shape index (κ2) is 12.7. The Labute approximate surface area is 274 Å². The first-order valence-corrected chi connectivity index (χ1v) is 17.1. The average Bonchev–Trinajstić information content (AvgIpc) is 3.71. The van der Waals surface area contributed by atoms with Crippen LogP contribution in [0.2, 0.25) is 0 Å². The number of hydrogen-bond donors (Lipinski definition) is 2. The van der Waals surface area contributed by atoms with Crippen molar-refractivity contribution in [1.82, 2.24) is 10.6 Å². The number of rotatable bonds is 12. The molecule has 0 heterocycles. The lowest BCUT2D eigenvalue weighted by Gasteiger charge is -2.30. The minimum absolute atomic E-state index is 0.0187. The Morgan fingerprint density at radius 3 is 1.74 bits per heavy atom. The van der Waals surface area contributed by atoms with Crippen LogP contribution in [0.3, 0.4) is 0 Å². The molecule has 2 N–H and O–H groups in total. The van der Waals surface area contributed by atoms with Crippen LogP contribution in [-0.2, 0) is 30.5 Å². The molecule has 2 saturated carbocycles. The maximum absolute atomic E-state index is 12.5. The van der Waals surface area contributed by atoms with E-state index in [0.29, 0.717) is 50.0 Å². The number of nitrogens with one attached hydrogen (secondary N) is 2. The molecule has 2 amide bonds. The molecule has 2 bridgehead atoms. The van der Waals surface area contributed by atoms with Crippen LogP contribution in [0.5, 0.6) is 11.5 Å². The standard InChI is InChI=1S/C38H52N2O6/c1-24(41)39-20-27-16-26-15-25(27)17-28(26)21-40-35(42)46-14-13-45-30-8-10-32-34(19-30)38(23-37(32,4)5)22-36(2,3)31-9-7-29(18-33(31)38)44-12-11-43-6/h7-10,18-19,25-28H,11-17,20-23H2,1-6H3,(H,39,41)(H,40,42). The van der Waals surface area contributed by atoms with E-state index in [9.17, 15) is 9.59 Å². The van der Waals surface area contributed by atoms with Crippen LogP contribution < -0.4 is 20.1 Å². The molecule has 0 aliphatic heterocycles. The number of ether oxygens (including phenoxy) is 4. The summed E-state index contributed by atoms with van der Waals surface area (Å²) in [4.78, 5) is 23.8. The van der Waals surface area contributed by atoms with Crippen molar-refractivity contribution in [3.8, 4) is 11.5 Å². The summed E-state index contributed by atoms with van der Waals surface area (Å²) in [5.41, 5.74) is 5.36. The van der Waals surface area contributed by atoms with E-state index < -0.39 is 0 Å². The molecule has 0 saturated heterocycles. The van der Waals surface area contributed by atoms with E-state index in [0.717, 1.165) is 43.7 Å². The molecular weight excluding hydrogens is 580 g/mol. The Morgan fingerprint density at radius 1 is 0.717 bits per heavy atom. The third kappa shape index (κ3) is 6.34. The normalized spacial score (nSPS) is 27.7. The van der Waals surface area contributed by atoms with E-state index in [1.807, 2.05) is 0 Å². The van der Waals surface area contributed by atoms with Crippen molar-refractivity contribution >= 4 is 12.0 Å². The summed E-state index contributed by atoms with van der Waals surface area (Å²) in [6.07, 6.45) is 5.11. The zero-order chi connectivity index (χ0) is 32.7. The van der Waals surface area contributed by atoms with Gasteiger partial charge in [0.15, 0.2) is 0 Å². The number of alkyl carbamates (subject to hydrolysis) is 1. The zero-order valence-electron chi connectivity index (χ0n) is 28.5. The molecule has 1 spiro atoms. The van der Waals surface area contributed by atoms with Gasteiger partial charge in [-0.05, 0) is 113 Å². The number of methoxy groups -OCH3 is 1. The summed E-state index contributed by atoms with van der Waals surface area (Å²) >= 11 is 0. The van der Waals surface area contributed by atoms with Crippen molar-refractivity contribution in [3.63, 3.8) is 0 Å². The first kappa shape index (κ1) is 32.7. The highest BCUT2D eigenvalue weighted by Crippen LogP contribution is 2.63. The zero-order valence-corrected chi connectivity index (χ0v) is 28.5. The van der Waals surface area contributed by atoms with E-state index in [4.69, 9.17) is 18.9 Å². The predicted molar refractivity (Wildman–Crippen MR) is 178 cm³/mol. The lowest BCUT2D eigenvalue weighted by Crippen LogP contribution is -2.36. The fraction of sp³-hybridized carbons (Fsp3) is 0.632. The molecule has 250 valence electrons. The number of fused-ring (bicyclic) bond motifs is 6. The van der Waals surface area contributed by atoms with E-state index in [2.05, 4.69) is 74.7 Å². The molecule has 4 aliphatic carbocycles. The molecule has 46 heavy (non-hydrogen) atoms. The number of benzene rings is 2. The predicted octanol–water partition coefficient (Wildman–Crippen LogP) is 6.26. The summed E-state index contributed by atoms with van der Waals surface area (Å²) in [5, 5.41) is 5.96. The van der Waals surface area contributed by atoms with Crippen LogP contribution >= 0.6 is 0 Å². The van der Waals surface area contributed by atoms with Gasteiger partial charge in [0.25, 0.3) is 0 Å². The molecule has 5 atom stereocenters. The van der Waals surface area contributed by atoms with Crippen molar-refractivity contribution < 1.29 is 28.5 Å². The molecule has 8 nitrogen and oxygen atoms in total. The van der Waals surface area contributed by atoms with Gasteiger partial charge >= 0.3 is 6.09 Å². The van der Waals surface area contributed by atoms with Gasteiger partial charge in [-0.15, -0.1) is 0 Å². The van der Waals surface area contributed by atoms with Crippen LogP contribution in [0.1, 0.15) is 89.0 Å². The van der Waals surface area contributed by atoms with Gasteiger partial charge in [-0.25, -0.2) is 4.79 Å². The monoisotopic (exact) mass is 632 g/mol. The van der Waals surface area contributed by atoms with Crippen molar-refractivity contribution in [2.24, 2.45) is 23.7 Å². The third-order valence-electron chi connectivity index (χ3n) is 11.4. The van der Waals surface area contributed by atoms with Crippen LogP contribution in [0.15, 0.2) is 36.4 Å². The first-order chi connectivity index (χ1) is 21.9. The highest BCUT2D eigenvalue weighted by molar-refractivity contribution is 5.72. The van der Waals surface area contributed by atoms with Crippen molar-refractivity contribution in [1.29, 1.82) is 0 Å². The maximum Gasteiger partial charge on any atom is 0.407 e. The Morgan fingerprint density at radius 2 is 1.24 bits per heavy atom. The fourth-order valence-electron chi connectivity index (χ4n) is 9.58. The Hall–Kier alpha value is -3.26. The smallest absolute Gasteiger partial charge is 0.407 e. The second-order valence-electron chi connectivity index (χ2n) is 15.5. The SMILES string of the molecule is COCCOc1ccc2c(c1)C1(CC2(C)C)CC(C)(C)c2ccc(OCCOC(=O)NCC3CC4CC3CC4CNC(C)=O)cc21. The van der Waals surface area contributed by atoms with Crippen LogP contribution in [0.4, 0.5) is 4.79 Å². The number of amides is 2. The number of hydrogen-bond acceptors (Lipinski definition) is 6. The Kier molecular flexibility index (Phi) is 9.05. The lowest BCUT2D eigenvalue weighted by molar-refractivity contribution is -0.119. The van der Waals surface area contributed by atoms with Crippen LogP contribution in [-0.4, -0.2) is 58.6 Å². The molecule has 2 aromatic rings.